The summed E-state index contributed by atoms with van der Waals surface area (Å²) < 4.78 is 9.85. The summed E-state index contributed by atoms with van der Waals surface area (Å²) >= 11 is 6.38. The largest absolute Gasteiger partial charge is 0.483 e. The van der Waals surface area contributed by atoms with Crippen molar-refractivity contribution in [2.75, 3.05) is 0 Å². The SMILES string of the molecule is C=C1Cc2ccc(C3=CN=C(C4C5CC5c5cc(-c6cc(Cl)ccc6-n6cnnn6)cc(=O)n54)C3)cc2OC1(C)C. The molecule has 5 heterocycles. The highest BCUT2D eigenvalue weighted by atomic mass is 35.5. The van der Waals surface area contributed by atoms with E-state index in [0.29, 0.717) is 23.3 Å². The van der Waals surface area contributed by atoms with Gasteiger partial charge in [0.1, 0.15) is 17.7 Å². The minimum absolute atomic E-state index is 0.0280. The molecule has 0 amide bonds. The number of fused-ring (bicyclic) bond motifs is 4. The van der Waals surface area contributed by atoms with Gasteiger partial charge in [0.2, 0.25) is 0 Å². The number of halogens is 1. The van der Waals surface area contributed by atoms with Gasteiger partial charge in [0.25, 0.3) is 5.56 Å². The number of tetrazole rings is 1. The Balaban J connectivity index is 1.10. The monoisotopic (exact) mass is 562 g/mol. The fraction of sp³-hybridized carbons (Fsp3) is 0.281. The summed E-state index contributed by atoms with van der Waals surface area (Å²) in [6.07, 6.45) is 6.10. The number of aromatic nitrogens is 5. The van der Waals surface area contributed by atoms with Gasteiger partial charge in [-0.2, -0.15) is 4.68 Å². The maximum atomic E-state index is 13.7. The molecule has 3 atom stereocenters. The lowest BCUT2D eigenvalue weighted by molar-refractivity contribution is 0.134. The molecule has 1 fully saturated rings. The van der Waals surface area contributed by atoms with Crippen molar-refractivity contribution in [3.63, 3.8) is 0 Å². The van der Waals surface area contributed by atoms with Crippen LogP contribution in [0.15, 0.2) is 83.0 Å². The summed E-state index contributed by atoms with van der Waals surface area (Å²) in [5.74, 6) is 1.65. The smallest absolute Gasteiger partial charge is 0.251 e. The molecule has 204 valence electrons. The molecule has 8 nitrogen and oxygen atoms in total. The van der Waals surface area contributed by atoms with Crippen molar-refractivity contribution in [2.24, 2.45) is 10.9 Å². The Bertz CT molecular complexity index is 1900. The summed E-state index contributed by atoms with van der Waals surface area (Å²) in [4.78, 5) is 18.6. The van der Waals surface area contributed by atoms with Crippen molar-refractivity contribution in [1.29, 1.82) is 0 Å². The Morgan fingerprint density at radius 2 is 1.95 bits per heavy atom. The zero-order valence-corrected chi connectivity index (χ0v) is 23.5. The fourth-order valence-corrected chi connectivity index (χ4v) is 6.80. The van der Waals surface area contributed by atoms with E-state index in [0.717, 1.165) is 69.1 Å². The number of allylic oxidation sites excluding steroid dienone is 1. The van der Waals surface area contributed by atoms with Crippen molar-refractivity contribution in [3.8, 4) is 22.6 Å². The van der Waals surface area contributed by atoms with Crippen LogP contribution in [-0.4, -0.2) is 36.1 Å². The average molecular weight is 563 g/mol. The number of ether oxygens (including phenoxy) is 1. The zero-order chi connectivity index (χ0) is 28.0. The first kappa shape index (κ1) is 24.5. The third-order valence-corrected chi connectivity index (χ3v) is 9.26. The highest BCUT2D eigenvalue weighted by Gasteiger charge is 2.54. The van der Waals surface area contributed by atoms with Gasteiger partial charge >= 0.3 is 0 Å². The van der Waals surface area contributed by atoms with Crippen LogP contribution in [-0.2, 0) is 6.42 Å². The van der Waals surface area contributed by atoms with Crippen LogP contribution in [0.1, 0.15) is 55.5 Å². The molecule has 0 N–H and O–H groups in total. The second-order valence-corrected chi connectivity index (χ2v) is 12.3. The Kier molecular flexibility index (Phi) is 5.14. The Morgan fingerprint density at radius 3 is 2.78 bits per heavy atom. The average Bonchev–Trinajstić information content (AvgIpc) is 3.28. The lowest BCUT2D eigenvalue weighted by Crippen LogP contribution is -2.35. The molecule has 2 aromatic carbocycles. The van der Waals surface area contributed by atoms with Crippen molar-refractivity contribution in [3.05, 3.63) is 105 Å². The van der Waals surface area contributed by atoms with Crippen molar-refractivity contribution < 1.29 is 4.74 Å². The number of nitrogens with zero attached hydrogens (tertiary/aromatic N) is 6. The standard InChI is InChI=1S/C32H27ClN6O2/c1-17-8-19-5-4-18(11-29(19)41-32(17,2)3)21-9-26(34-15-21)31-25-14-24(25)28-10-20(12-30(40)39(28)31)23-13-22(33)6-7-27(23)38-16-35-36-37-38/h4-7,10-13,15-16,24-25,31H,1,8-9,14H2,2-3H3. The molecular weight excluding hydrogens is 536 g/mol. The van der Waals surface area contributed by atoms with Crippen molar-refractivity contribution >= 4 is 22.9 Å². The topological polar surface area (TPSA) is 87.2 Å². The molecule has 0 saturated heterocycles. The number of benzene rings is 2. The van der Waals surface area contributed by atoms with Crippen LogP contribution in [0.3, 0.4) is 0 Å². The minimum atomic E-state index is -0.385. The van der Waals surface area contributed by atoms with Gasteiger partial charge in [0, 0.05) is 53.0 Å². The third-order valence-electron chi connectivity index (χ3n) is 9.02. The van der Waals surface area contributed by atoms with Gasteiger partial charge in [-0.3, -0.25) is 9.79 Å². The molecule has 0 radical (unpaired) electrons. The molecule has 1 saturated carbocycles. The Hall–Kier alpha value is -4.30. The van der Waals surface area contributed by atoms with E-state index < -0.39 is 0 Å². The molecule has 8 rings (SSSR count). The summed E-state index contributed by atoms with van der Waals surface area (Å²) in [5.41, 5.74) is 8.58. The van der Waals surface area contributed by atoms with E-state index in [-0.39, 0.29) is 17.2 Å². The van der Waals surface area contributed by atoms with Crippen LogP contribution in [0.4, 0.5) is 0 Å². The Morgan fingerprint density at radius 1 is 1.07 bits per heavy atom. The van der Waals surface area contributed by atoms with Crippen molar-refractivity contribution in [2.45, 2.75) is 50.7 Å². The zero-order valence-electron chi connectivity index (χ0n) is 22.7. The predicted molar refractivity (Wildman–Crippen MR) is 158 cm³/mol. The number of aliphatic imine (C=N–C) groups is 1. The number of pyridine rings is 1. The lowest BCUT2D eigenvalue weighted by Gasteiger charge is -2.35. The van der Waals surface area contributed by atoms with Crippen LogP contribution in [0.5, 0.6) is 5.75 Å². The van der Waals surface area contributed by atoms with E-state index in [1.165, 1.54) is 6.33 Å². The number of hydrogen-bond donors (Lipinski definition) is 0. The summed E-state index contributed by atoms with van der Waals surface area (Å²) in [7, 11) is 0. The first-order chi connectivity index (χ1) is 19.8. The normalized spacial score (nSPS) is 23.3. The van der Waals surface area contributed by atoms with Gasteiger partial charge in [0.15, 0.2) is 0 Å². The van der Waals surface area contributed by atoms with Crippen LogP contribution in [0, 0.1) is 5.92 Å². The minimum Gasteiger partial charge on any atom is -0.483 e. The van der Waals surface area contributed by atoms with Crippen molar-refractivity contribution in [1.82, 2.24) is 24.8 Å². The van der Waals surface area contributed by atoms with Crippen LogP contribution < -0.4 is 10.3 Å². The molecule has 4 aromatic rings. The van der Waals surface area contributed by atoms with Gasteiger partial charge in [-0.25, -0.2) is 0 Å². The number of hydrogen-bond acceptors (Lipinski definition) is 6. The van der Waals surface area contributed by atoms with Gasteiger partial charge in [-0.15, -0.1) is 5.10 Å². The molecule has 1 aliphatic carbocycles. The molecule has 41 heavy (non-hydrogen) atoms. The van der Waals surface area contributed by atoms with Crippen LogP contribution >= 0.6 is 11.6 Å². The first-order valence-electron chi connectivity index (χ1n) is 13.8. The molecule has 0 bridgehead atoms. The molecule has 9 heteroatoms. The highest BCUT2D eigenvalue weighted by Crippen LogP contribution is 2.60. The maximum Gasteiger partial charge on any atom is 0.251 e. The molecule has 3 unspecified atom stereocenters. The lowest BCUT2D eigenvalue weighted by atomic mass is 9.88. The quantitative estimate of drug-likeness (QED) is 0.286. The second kappa shape index (κ2) is 8.60. The first-order valence-corrected chi connectivity index (χ1v) is 14.2. The summed E-state index contributed by atoms with van der Waals surface area (Å²) in [6, 6.07) is 15.7. The van der Waals surface area contributed by atoms with Crippen LogP contribution in [0.25, 0.3) is 22.4 Å². The van der Waals surface area contributed by atoms with Gasteiger partial charge in [0.05, 0.1) is 11.7 Å². The molecule has 2 aromatic heterocycles. The van der Waals surface area contributed by atoms with E-state index >= 15 is 0 Å². The highest BCUT2D eigenvalue weighted by molar-refractivity contribution is 6.31. The molecule has 0 spiro atoms. The maximum absolute atomic E-state index is 13.7. The molecule has 4 aliphatic rings. The summed E-state index contributed by atoms with van der Waals surface area (Å²) in [6.45, 7) is 8.33. The van der Waals surface area contributed by atoms with Gasteiger partial charge in [-0.05, 0) is 94.8 Å². The van der Waals surface area contributed by atoms with E-state index in [9.17, 15) is 4.79 Å². The van der Waals surface area contributed by atoms with E-state index in [1.54, 1.807) is 16.8 Å². The fourth-order valence-electron chi connectivity index (χ4n) is 6.63. The van der Waals surface area contributed by atoms with E-state index in [4.69, 9.17) is 21.3 Å². The van der Waals surface area contributed by atoms with E-state index in [2.05, 4.69) is 60.2 Å². The second-order valence-electron chi connectivity index (χ2n) is 11.9. The molecular formula is C32H27ClN6O2. The van der Waals surface area contributed by atoms with E-state index in [1.807, 2.05) is 22.9 Å². The Labute approximate surface area is 241 Å². The van der Waals surface area contributed by atoms with Crippen LogP contribution in [0.2, 0.25) is 5.02 Å². The number of rotatable bonds is 4. The summed E-state index contributed by atoms with van der Waals surface area (Å²) in [5, 5.41) is 12.2. The predicted octanol–water partition coefficient (Wildman–Crippen LogP) is 5.96. The van der Waals surface area contributed by atoms with Gasteiger partial charge < -0.3 is 9.30 Å². The molecule has 3 aliphatic heterocycles. The van der Waals surface area contributed by atoms with Gasteiger partial charge in [-0.1, -0.05) is 30.3 Å². The third kappa shape index (κ3) is 3.84.